The quantitative estimate of drug-likeness (QED) is 0.619. The maximum atomic E-state index is 12.9. The van der Waals surface area contributed by atoms with E-state index >= 15 is 0 Å². The Bertz CT molecular complexity index is 814. The van der Waals surface area contributed by atoms with Gasteiger partial charge in [0.2, 0.25) is 0 Å². The number of alkyl halides is 3. The highest BCUT2D eigenvalue weighted by Gasteiger charge is 2.45. The number of rotatable bonds is 5. The van der Waals surface area contributed by atoms with Crippen molar-refractivity contribution in [2.45, 2.75) is 24.4 Å². The number of para-hydroxylation sites is 2. The fraction of sp³-hybridized carbons (Fsp3) is 0.316. The standard InChI is InChI=1S/C19H20F3N3O/c1-26-16-8-3-2-7-15(16)25-17(23)24-12-18(9-10-18)13-5-4-6-14(11-13)19(20,21)22/h2-8,11H,9-10,12H2,1H3,(H3,23,24,25). The lowest BCUT2D eigenvalue weighted by Crippen LogP contribution is -2.25. The van der Waals surface area contributed by atoms with Crippen molar-refractivity contribution in [3.05, 3.63) is 59.7 Å². The Kier molecular flexibility index (Phi) is 4.80. The van der Waals surface area contributed by atoms with Crippen LogP contribution in [0.2, 0.25) is 0 Å². The first-order valence-corrected chi connectivity index (χ1v) is 8.22. The molecule has 1 saturated carbocycles. The van der Waals surface area contributed by atoms with Crippen molar-refractivity contribution in [2.75, 3.05) is 19.0 Å². The summed E-state index contributed by atoms with van der Waals surface area (Å²) in [6, 6.07) is 12.7. The summed E-state index contributed by atoms with van der Waals surface area (Å²) in [6.07, 6.45) is -2.76. The van der Waals surface area contributed by atoms with Crippen LogP contribution in [0.25, 0.3) is 0 Å². The Hall–Kier alpha value is -2.70. The number of nitrogens with zero attached hydrogens (tertiary/aromatic N) is 1. The number of halogens is 3. The predicted molar refractivity (Wildman–Crippen MR) is 95.5 cm³/mol. The van der Waals surface area contributed by atoms with E-state index in [0.29, 0.717) is 23.5 Å². The number of nitrogens with two attached hydrogens (primary N) is 1. The first-order chi connectivity index (χ1) is 12.3. The number of benzene rings is 2. The molecule has 1 aliphatic rings. The van der Waals surface area contributed by atoms with Gasteiger partial charge in [-0.25, -0.2) is 0 Å². The molecule has 0 aromatic heterocycles. The van der Waals surface area contributed by atoms with Gasteiger partial charge in [-0.15, -0.1) is 0 Å². The molecule has 2 aromatic carbocycles. The van der Waals surface area contributed by atoms with Crippen LogP contribution >= 0.6 is 0 Å². The molecule has 4 nitrogen and oxygen atoms in total. The second-order valence-corrected chi connectivity index (χ2v) is 6.39. The summed E-state index contributed by atoms with van der Waals surface area (Å²) >= 11 is 0. The maximum Gasteiger partial charge on any atom is 0.416 e. The molecular formula is C19H20F3N3O. The van der Waals surface area contributed by atoms with Crippen LogP contribution in [0.3, 0.4) is 0 Å². The van der Waals surface area contributed by atoms with Crippen LogP contribution in [0.15, 0.2) is 53.5 Å². The third kappa shape index (κ3) is 3.92. The molecule has 0 heterocycles. The Morgan fingerprint density at radius 1 is 1.19 bits per heavy atom. The number of hydrogen-bond donors (Lipinski definition) is 2. The van der Waals surface area contributed by atoms with Crippen molar-refractivity contribution < 1.29 is 17.9 Å². The highest BCUT2D eigenvalue weighted by Crippen LogP contribution is 2.49. The van der Waals surface area contributed by atoms with Gasteiger partial charge in [-0.3, -0.25) is 4.99 Å². The van der Waals surface area contributed by atoms with Crippen molar-refractivity contribution in [3.8, 4) is 5.75 Å². The molecule has 138 valence electrons. The normalized spacial score (nSPS) is 16.2. The zero-order valence-corrected chi connectivity index (χ0v) is 14.3. The lowest BCUT2D eigenvalue weighted by molar-refractivity contribution is -0.137. The minimum atomic E-state index is -4.35. The largest absolute Gasteiger partial charge is 0.495 e. The van der Waals surface area contributed by atoms with Gasteiger partial charge in [0.05, 0.1) is 24.9 Å². The highest BCUT2D eigenvalue weighted by molar-refractivity contribution is 5.93. The van der Waals surface area contributed by atoms with E-state index < -0.39 is 11.7 Å². The van der Waals surface area contributed by atoms with Crippen LogP contribution < -0.4 is 15.8 Å². The molecule has 7 heteroatoms. The molecule has 26 heavy (non-hydrogen) atoms. The van der Waals surface area contributed by atoms with E-state index in [-0.39, 0.29) is 11.4 Å². The average molecular weight is 363 g/mol. The molecule has 0 bridgehead atoms. The molecule has 0 amide bonds. The molecule has 0 unspecified atom stereocenters. The molecule has 0 aliphatic heterocycles. The fourth-order valence-electron chi connectivity index (χ4n) is 2.88. The van der Waals surface area contributed by atoms with E-state index in [0.717, 1.165) is 18.9 Å². The lowest BCUT2D eigenvalue weighted by Gasteiger charge is -2.16. The molecule has 2 aromatic rings. The summed E-state index contributed by atoms with van der Waals surface area (Å²) in [5.41, 5.74) is 6.28. The Morgan fingerprint density at radius 2 is 1.92 bits per heavy atom. The van der Waals surface area contributed by atoms with Crippen molar-refractivity contribution in [1.82, 2.24) is 0 Å². The molecule has 3 rings (SSSR count). The summed E-state index contributed by atoms with van der Waals surface area (Å²) in [5.74, 6) is 0.831. The number of ether oxygens (including phenoxy) is 1. The van der Waals surface area contributed by atoms with Crippen LogP contribution in [0, 0.1) is 0 Å². The van der Waals surface area contributed by atoms with Crippen molar-refractivity contribution in [3.63, 3.8) is 0 Å². The Labute approximate surface area is 149 Å². The van der Waals surface area contributed by atoms with E-state index in [4.69, 9.17) is 10.5 Å². The first-order valence-electron chi connectivity index (χ1n) is 8.22. The van der Waals surface area contributed by atoms with E-state index in [1.807, 2.05) is 12.1 Å². The summed E-state index contributed by atoms with van der Waals surface area (Å²) in [6.45, 7) is 0.336. The highest BCUT2D eigenvalue weighted by atomic mass is 19.4. The van der Waals surface area contributed by atoms with E-state index in [1.54, 1.807) is 25.3 Å². The molecule has 0 saturated heterocycles. The monoisotopic (exact) mass is 363 g/mol. The molecule has 1 aliphatic carbocycles. The summed E-state index contributed by atoms with van der Waals surface area (Å²) in [7, 11) is 1.56. The van der Waals surface area contributed by atoms with E-state index in [9.17, 15) is 13.2 Å². The summed E-state index contributed by atoms with van der Waals surface area (Å²) in [4.78, 5) is 4.34. The van der Waals surface area contributed by atoms with Gasteiger partial charge < -0.3 is 15.8 Å². The SMILES string of the molecule is COc1ccccc1NC(N)=NCC1(c2cccc(C(F)(F)F)c2)CC1. The number of anilines is 1. The van der Waals surface area contributed by atoms with Gasteiger partial charge >= 0.3 is 6.18 Å². The molecule has 3 N–H and O–H groups in total. The van der Waals surface area contributed by atoms with Gasteiger partial charge in [-0.05, 0) is 36.6 Å². The minimum Gasteiger partial charge on any atom is -0.495 e. The number of methoxy groups -OCH3 is 1. The first kappa shape index (κ1) is 18.1. The van der Waals surface area contributed by atoms with Gasteiger partial charge in [-0.1, -0.05) is 30.3 Å². The van der Waals surface area contributed by atoms with Gasteiger partial charge in [-0.2, -0.15) is 13.2 Å². The zero-order chi connectivity index (χ0) is 18.8. The summed E-state index contributed by atoms with van der Waals surface area (Å²) in [5, 5.41) is 2.97. The maximum absolute atomic E-state index is 12.9. The van der Waals surface area contributed by atoms with Crippen LogP contribution in [0.5, 0.6) is 5.75 Å². The number of guanidine groups is 1. The third-order valence-corrected chi connectivity index (χ3v) is 4.58. The topological polar surface area (TPSA) is 59.6 Å². The zero-order valence-electron chi connectivity index (χ0n) is 14.3. The van der Waals surface area contributed by atoms with Gasteiger partial charge in [0.15, 0.2) is 5.96 Å². The van der Waals surface area contributed by atoms with Gasteiger partial charge in [0.1, 0.15) is 5.75 Å². The van der Waals surface area contributed by atoms with Crippen LogP contribution in [-0.4, -0.2) is 19.6 Å². The molecule has 0 radical (unpaired) electrons. The minimum absolute atomic E-state index is 0.202. The van der Waals surface area contributed by atoms with E-state index in [1.165, 1.54) is 12.1 Å². The van der Waals surface area contributed by atoms with Crippen LogP contribution in [0.4, 0.5) is 18.9 Å². The summed E-state index contributed by atoms with van der Waals surface area (Å²) < 4.78 is 44.0. The smallest absolute Gasteiger partial charge is 0.416 e. The molecular weight excluding hydrogens is 343 g/mol. The van der Waals surface area contributed by atoms with Crippen molar-refractivity contribution in [1.29, 1.82) is 0 Å². The van der Waals surface area contributed by atoms with Gasteiger partial charge in [0.25, 0.3) is 0 Å². The van der Waals surface area contributed by atoms with Crippen LogP contribution in [0.1, 0.15) is 24.0 Å². The molecule has 0 atom stereocenters. The number of hydrogen-bond acceptors (Lipinski definition) is 2. The number of aliphatic imine (C=N–C) groups is 1. The van der Waals surface area contributed by atoms with Crippen molar-refractivity contribution in [2.24, 2.45) is 10.7 Å². The Balaban J connectivity index is 1.73. The average Bonchev–Trinajstić information content (AvgIpc) is 3.41. The van der Waals surface area contributed by atoms with Crippen molar-refractivity contribution >= 4 is 11.6 Å². The third-order valence-electron chi connectivity index (χ3n) is 4.58. The second-order valence-electron chi connectivity index (χ2n) is 6.39. The molecule has 1 fully saturated rings. The molecule has 0 spiro atoms. The lowest BCUT2D eigenvalue weighted by atomic mass is 9.94. The second kappa shape index (κ2) is 6.90. The van der Waals surface area contributed by atoms with Crippen LogP contribution in [-0.2, 0) is 11.6 Å². The number of nitrogens with one attached hydrogen (secondary N) is 1. The van der Waals surface area contributed by atoms with Gasteiger partial charge in [0, 0.05) is 5.41 Å². The van der Waals surface area contributed by atoms with E-state index in [2.05, 4.69) is 10.3 Å². The fourth-order valence-corrected chi connectivity index (χ4v) is 2.88. The predicted octanol–water partition coefficient (Wildman–Crippen LogP) is 4.17. The Morgan fingerprint density at radius 3 is 2.58 bits per heavy atom.